The maximum absolute atomic E-state index is 9.54. The molecule has 3 rings (SSSR count). The van der Waals surface area contributed by atoms with Crippen LogP contribution in [-0.2, 0) is 7.05 Å². The summed E-state index contributed by atoms with van der Waals surface area (Å²) in [6, 6.07) is 4.00. The second kappa shape index (κ2) is 6.61. The molecule has 1 aromatic carbocycles. The minimum Gasteiger partial charge on any atom is -0.397 e. The molecule has 124 valence electrons. The SMILES string of the molecule is Cn1cnnc1C1CCN(c2c(Br)cc(C=N)c(N)c2C#N)CC1. The molecule has 2 heterocycles. The van der Waals surface area contributed by atoms with E-state index in [2.05, 4.69) is 37.1 Å². The van der Waals surface area contributed by atoms with Gasteiger partial charge in [0.25, 0.3) is 0 Å². The summed E-state index contributed by atoms with van der Waals surface area (Å²) in [5.41, 5.74) is 8.22. The van der Waals surface area contributed by atoms with Gasteiger partial charge >= 0.3 is 0 Å². The molecular weight excluding hydrogens is 370 g/mol. The number of hydrogen-bond donors (Lipinski definition) is 2. The Hall–Kier alpha value is -2.40. The van der Waals surface area contributed by atoms with Crippen molar-refractivity contribution in [3.05, 3.63) is 33.8 Å². The highest BCUT2D eigenvalue weighted by molar-refractivity contribution is 9.10. The van der Waals surface area contributed by atoms with Gasteiger partial charge in [-0.2, -0.15) is 5.26 Å². The molecule has 2 aromatic rings. The van der Waals surface area contributed by atoms with E-state index < -0.39 is 0 Å². The van der Waals surface area contributed by atoms with Crippen LogP contribution in [0.5, 0.6) is 0 Å². The fraction of sp³-hybridized carbons (Fsp3) is 0.375. The minimum atomic E-state index is 0.362. The Kier molecular flexibility index (Phi) is 4.53. The summed E-state index contributed by atoms with van der Waals surface area (Å²) in [5, 5.41) is 25.1. The van der Waals surface area contributed by atoms with Crippen LogP contribution in [0.1, 0.15) is 35.7 Å². The van der Waals surface area contributed by atoms with Crippen LogP contribution in [0.15, 0.2) is 16.9 Å². The first kappa shape index (κ1) is 16.5. The number of benzene rings is 1. The Morgan fingerprint density at radius 1 is 1.46 bits per heavy atom. The van der Waals surface area contributed by atoms with Crippen molar-refractivity contribution < 1.29 is 0 Å². The highest BCUT2D eigenvalue weighted by Crippen LogP contribution is 2.38. The lowest BCUT2D eigenvalue weighted by Crippen LogP contribution is -2.34. The number of aromatic nitrogens is 3. The molecule has 0 unspecified atom stereocenters. The van der Waals surface area contributed by atoms with Crippen molar-refractivity contribution in [1.29, 1.82) is 10.7 Å². The van der Waals surface area contributed by atoms with Gasteiger partial charge in [0, 0.05) is 42.3 Å². The molecule has 7 nitrogen and oxygen atoms in total. The third-order valence-corrected chi connectivity index (χ3v) is 5.12. The number of nitrogens with one attached hydrogen (secondary N) is 1. The van der Waals surface area contributed by atoms with Gasteiger partial charge in [-0.05, 0) is 34.8 Å². The zero-order chi connectivity index (χ0) is 17.3. The van der Waals surface area contributed by atoms with E-state index in [1.165, 1.54) is 6.21 Å². The summed E-state index contributed by atoms with van der Waals surface area (Å²) in [6.07, 6.45) is 4.78. The Balaban J connectivity index is 1.87. The van der Waals surface area contributed by atoms with Crippen LogP contribution in [0.25, 0.3) is 0 Å². The second-order valence-electron chi connectivity index (χ2n) is 5.90. The summed E-state index contributed by atoms with van der Waals surface area (Å²) < 4.78 is 2.76. The number of anilines is 2. The number of nitriles is 1. The Bertz CT molecular complexity index is 813. The molecule has 1 aliphatic heterocycles. The van der Waals surface area contributed by atoms with Crippen molar-refractivity contribution in [1.82, 2.24) is 14.8 Å². The van der Waals surface area contributed by atoms with Gasteiger partial charge in [0.2, 0.25) is 0 Å². The molecule has 24 heavy (non-hydrogen) atoms. The van der Waals surface area contributed by atoms with Gasteiger partial charge in [-0.1, -0.05) is 0 Å². The quantitative estimate of drug-likeness (QED) is 0.620. The molecule has 0 bridgehead atoms. The maximum atomic E-state index is 9.54. The van der Waals surface area contributed by atoms with Gasteiger partial charge in [0.05, 0.1) is 11.4 Å². The van der Waals surface area contributed by atoms with E-state index in [1.807, 2.05) is 11.6 Å². The Morgan fingerprint density at radius 3 is 2.71 bits per heavy atom. The first-order valence-electron chi connectivity index (χ1n) is 7.68. The zero-order valence-electron chi connectivity index (χ0n) is 13.3. The normalized spacial score (nSPS) is 15.3. The summed E-state index contributed by atoms with van der Waals surface area (Å²) in [5.74, 6) is 1.38. The summed E-state index contributed by atoms with van der Waals surface area (Å²) in [7, 11) is 1.96. The standard InChI is InChI=1S/C16H18BrN7/c1-23-9-21-22-16(23)10-2-4-24(5-3-10)15-12(8-19)14(20)11(7-18)6-13(15)17/h6-7,9-10,18H,2-5,20H2,1H3. The smallest absolute Gasteiger partial charge is 0.135 e. The molecule has 0 amide bonds. The van der Waals surface area contributed by atoms with Gasteiger partial charge in [0.15, 0.2) is 0 Å². The predicted molar refractivity (Wildman–Crippen MR) is 96.3 cm³/mol. The first-order chi connectivity index (χ1) is 11.6. The molecule has 0 aliphatic carbocycles. The monoisotopic (exact) mass is 387 g/mol. The molecular formula is C16H18BrN7. The molecule has 3 N–H and O–H groups in total. The van der Waals surface area contributed by atoms with E-state index in [0.717, 1.165) is 41.9 Å². The lowest BCUT2D eigenvalue weighted by Gasteiger charge is -2.34. The van der Waals surface area contributed by atoms with E-state index in [-0.39, 0.29) is 0 Å². The van der Waals surface area contributed by atoms with Gasteiger partial charge in [-0.3, -0.25) is 0 Å². The molecule has 1 aliphatic rings. The minimum absolute atomic E-state index is 0.362. The van der Waals surface area contributed by atoms with E-state index in [4.69, 9.17) is 11.1 Å². The predicted octanol–water partition coefficient (Wildman–Crippen LogP) is 2.41. The fourth-order valence-corrected chi connectivity index (χ4v) is 3.93. The number of piperidine rings is 1. The highest BCUT2D eigenvalue weighted by Gasteiger charge is 2.27. The lowest BCUT2D eigenvalue weighted by atomic mass is 9.94. The van der Waals surface area contributed by atoms with Crippen LogP contribution in [0, 0.1) is 16.7 Å². The van der Waals surface area contributed by atoms with Crippen molar-refractivity contribution in [2.45, 2.75) is 18.8 Å². The number of rotatable bonds is 3. The third kappa shape index (κ3) is 2.76. The van der Waals surface area contributed by atoms with Gasteiger partial charge in [0.1, 0.15) is 23.8 Å². The van der Waals surface area contributed by atoms with Crippen LogP contribution >= 0.6 is 15.9 Å². The van der Waals surface area contributed by atoms with Gasteiger partial charge in [-0.25, -0.2) is 0 Å². The van der Waals surface area contributed by atoms with Crippen molar-refractivity contribution in [3.63, 3.8) is 0 Å². The number of hydrogen-bond acceptors (Lipinski definition) is 6. The first-order valence-corrected chi connectivity index (χ1v) is 8.47. The molecule has 1 saturated heterocycles. The molecule has 0 radical (unpaired) electrons. The lowest BCUT2D eigenvalue weighted by molar-refractivity contribution is 0.474. The average Bonchev–Trinajstić information content (AvgIpc) is 3.02. The average molecular weight is 388 g/mol. The summed E-state index contributed by atoms with van der Waals surface area (Å²) in [6.45, 7) is 1.63. The molecule has 1 fully saturated rings. The number of nitrogens with two attached hydrogens (primary N) is 1. The molecule has 1 aromatic heterocycles. The van der Waals surface area contributed by atoms with Crippen LogP contribution in [-0.4, -0.2) is 34.1 Å². The van der Waals surface area contributed by atoms with Crippen LogP contribution in [0.2, 0.25) is 0 Å². The third-order valence-electron chi connectivity index (χ3n) is 4.52. The summed E-state index contributed by atoms with van der Waals surface area (Å²) in [4.78, 5) is 2.18. The van der Waals surface area contributed by atoms with E-state index in [0.29, 0.717) is 22.7 Å². The highest BCUT2D eigenvalue weighted by atomic mass is 79.9. The number of nitrogens with zero attached hydrogens (tertiary/aromatic N) is 5. The number of halogens is 1. The Morgan fingerprint density at radius 2 is 2.17 bits per heavy atom. The maximum Gasteiger partial charge on any atom is 0.135 e. The number of aryl methyl sites for hydroxylation is 1. The van der Waals surface area contributed by atoms with E-state index in [9.17, 15) is 5.26 Å². The molecule has 0 atom stereocenters. The van der Waals surface area contributed by atoms with Crippen LogP contribution in [0.4, 0.5) is 11.4 Å². The molecule has 0 saturated carbocycles. The fourth-order valence-electron chi connectivity index (χ4n) is 3.24. The van der Waals surface area contributed by atoms with Crippen molar-refractivity contribution >= 4 is 33.5 Å². The van der Waals surface area contributed by atoms with Crippen LogP contribution < -0.4 is 10.6 Å². The summed E-state index contributed by atoms with van der Waals surface area (Å²) >= 11 is 3.54. The van der Waals surface area contributed by atoms with Crippen molar-refractivity contribution in [2.75, 3.05) is 23.7 Å². The van der Waals surface area contributed by atoms with E-state index >= 15 is 0 Å². The molecule has 8 heteroatoms. The van der Waals surface area contributed by atoms with Gasteiger partial charge in [-0.15, -0.1) is 10.2 Å². The molecule has 0 spiro atoms. The largest absolute Gasteiger partial charge is 0.397 e. The topological polar surface area (TPSA) is 108 Å². The van der Waals surface area contributed by atoms with Crippen molar-refractivity contribution in [2.24, 2.45) is 7.05 Å². The van der Waals surface area contributed by atoms with Gasteiger partial charge < -0.3 is 20.6 Å². The van der Waals surface area contributed by atoms with Crippen LogP contribution in [0.3, 0.4) is 0 Å². The van der Waals surface area contributed by atoms with E-state index in [1.54, 1.807) is 12.4 Å². The Labute approximate surface area is 148 Å². The number of nitrogen functional groups attached to an aromatic ring is 1. The van der Waals surface area contributed by atoms with Crippen molar-refractivity contribution in [3.8, 4) is 6.07 Å². The second-order valence-corrected chi connectivity index (χ2v) is 6.76. The zero-order valence-corrected chi connectivity index (χ0v) is 14.9.